The molecule has 1 unspecified atom stereocenters. The molecule has 0 bridgehead atoms. The summed E-state index contributed by atoms with van der Waals surface area (Å²) in [5.41, 5.74) is -0.185. The Kier molecular flexibility index (Phi) is 3.59. The molecular formula is C11H12F3N3O2. The van der Waals surface area contributed by atoms with Crippen LogP contribution < -0.4 is 4.90 Å². The van der Waals surface area contributed by atoms with E-state index < -0.39 is 24.5 Å². The topological polar surface area (TPSA) is 66.3 Å². The lowest BCUT2D eigenvalue weighted by Gasteiger charge is -2.17. The minimum absolute atomic E-state index is 0.185. The number of carboxylic acid groups (broad SMARTS) is 1. The first-order valence-electron chi connectivity index (χ1n) is 5.72. The molecule has 0 saturated carbocycles. The molecule has 8 heteroatoms. The Morgan fingerprint density at radius 2 is 2.16 bits per heavy atom. The average molecular weight is 275 g/mol. The first-order chi connectivity index (χ1) is 8.85. The van der Waals surface area contributed by atoms with E-state index in [1.807, 2.05) is 0 Å². The Morgan fingerprint density at radius 3 is 2.68 bits per heavy atom. The molecule has 0 spiro atoms. The van der Waals surface area contributed by atoms with Crippen molar-refractivity contribution in [3.05, 3.63) is 18.1 Å². The maximum Gasteiger partial charge on any atom is 0.389 e. The van der Waals surface area contributed by atoms with Crippen LogP contribution in [-0.2, 0) is 0 Å². The van der Waals surface area contributed by atoms with Crippen molar-refractivity contribution in [2.24, 2.45) is 5.92 Å². The van der Waals surface area contributed by atoms with E-state index in [4.69, 9.17) is 5.11 Å². The normalized spacial score (nSPS) is 19.7. The number of alkyl halides is 3. The zero-order chi connectivity index (χ0) is 14.0. The summed E-state index contributed by atoms with van der Waals surface area (Å²) in [7, 11) is 0. The lowest BCUT2D eigenvalue weighted by Crippen LogP contribution is -2.23. The standard InChI is InChI=1S/C11H12F3N3O2/c12-11(13,14)3-7-1-2-17(6-7)9-5-15-8(4-16-9)10(18)19/h4-5,7H,1-3,6H2,(H,18,19). The lowest BCUT2D eigenvalue weighted by atomic mass is 10.1. The number of hydrogen-bond donors (Lipinski definition) is 1. The summed E-state index contributed by atoms with van der Waals surface area (Å²) in [6.45, 7) is 0.739. The number of nitrogens with zero attached hydrogens (tertiary/aromatic N) is 3. The highest BCUT2D eigenvalue weighted by Crippen LogP contribution is 2.31. The van der Waals surface area contributed by atoms with Crippen LogP contribution in [0.25, 0.3) is 0 Å². The summed E-state index contributed by atoms with van der Waals surface area (Å²) in [4.78, 5) is 19.9. The van der Waals surface area contributed by atoms with Gasteiger partial charge in [-0.15, -0.1) is 0 Å². The molecule has 1 fully saturated rings. The van der Waals surface area contributed by atoms with Crippen LogP contribution >= 0.6 is 0 Å². The van der Waals surface area contributed by atoms with Gasteiger partial charge in [0.15, 0.2) is 5.69 Å². The van der Waals surface area contributed by atoms with E-state index in [0.29, 0.717) is 18.8 Å². The smallest absolute Gasteiger partial charge is 0.389 e. The zero-order valence-corrected chi connectivity index (χ0v) is 9.89. The van der Waals surface area contributed by atoms with Crippen LogP contribution in [0.5, 0.6) is 0 Å². The molecule has 0 amide bonds. The first kappa shape index (κ1) is 13.6. The molecular weight excluding hydrogens is 263 g/mol. The van der Waals surface area contributed by atoms with Gasteiger partial charge in [0.05, 0.1) is 12.4 Å². The third-order valence-electron chi connectivity index (χ3n) is 2.99. The molecule has 1 aromatic rings. The molecule has 104 valence electrons. The Bertz CT molecular complexity index is 461. The Labute approximate surface area is 107 Å². The van der Waals surface area contributed by atoms with Crippen LogP contribution in [0.15, 0.2) is 12.4 Å². The van der Waals surface area contributed by atoms with E-state index in [1.54, 1.807) is 4.90 Å². The van der Waals surface area contributed by atoms with E-state index >= 15 is 0 Å². The number of aromatic carboxylic acids is 1. The van der Waals surface area contributed by atoms with Crippen molar-refractivity contribution in [2.45, 2.75) is 19.0 Å². The Hall–Kier alpha value is -1.86. The molecule has 1 N–H and O–H groups in total. The van der Waals surface area contributed by atoms with Gasteiger partial charge in [-0.25, -0.2) is 14.8 Å². The van der Waals surface area contributed by atoms with E-state index in [9.17, 15) is 18.0 Å². The van der Waals surface area contributed by atoms with Gasteiger partial charge in [0.1, 0.15) is 5.82 Å². The second-order valence-corrected chi connectivity index (χ2v) is 4.49. The number of anilines is 1. The monoisotopic (exact) mass is 275 g/mol. The number of carboxylic acids is 1. The average Bonchev–Trinajstić information content (AvgIpc) is 2.75. The fraction of sp³-hybridized carbons (Fsp3) is 0.545. The van der Waals surface area contributed by atoms with Gasteiger partial charge in [-0.1, -0.05) is 0 Å². The van der Waals surface area contributed by atoms with Crippen molar-refractivity contribution in [3.63, 3.8) is 0 Å². The van der Waals surface area contributed by atoms with Gasteiger partial charge in [0.25, 0.3) is 0 Å². The van der Waals surface area contributed by atoms with E-state index in [1.165, 1.54) is 6.20 Å². The summed E-state index contributed by atoms with van der Waals surface area (Å²) in [5, 5.41) is 8.67. The molecule has 0 aromatic carbocycles. The number of carbonyl (C=O) groups is 1. The Balaban J connectivity index is 1.99. The maximum absolute atomic E-state index is 12.3. The van der Waals surface area contributed by atoms with Crippen LogP contribution in [-0.4, -0.2) is 40.3 Å². The van der Waals surface area contributed by atoms with Crippen molar-refractivity contribution in [3.8, 4) is 0 Å². The molecule has 1 aliphatic heterocycles. The highest BCUT2D eigenvalue weighted by atomic mass is 19.4. The van der Waals surface area contributed by atoms with Gasteiger partial charge in [0.2, 0.25) is 0 Å². The predicted molar refractivity (Wildman–Crippen MR) is 60.0 cm³/mol. The van der Waals surface area contributed by atoms with E-state index in [0.717, 1.165) is 6.20 Å². The summed E-state index contributed by atoms with van der Waals surface area (Å²) in [6.07, 6.45) is -2.13. The summed E-state index contributed by atoms with van der Waals surface area (Å²) in [5.74, 6) is -1.22. The van der Waals surface area contributed by atoms with Crippen molar-refractivity contribution < 1.29 is 23.1 Å². The van der Waals surface area contributed by atoms with Crippen LogP contribution in [0, 0.1) is 5.92 Å². The molecule has 1 saturated heterocycles. The number of hydrogen-bond acceptors (Lipinski definition) is 4. The van der Waals surface area contributed by atoms with Crippen LogP contribution in [0.4, 0.5) is 19.0 Å². The zero-order valence-electron chi connectivity index (χ0n) is 9.89. The fourth-order valence-electron chi connectivity index (χ4n) is 2.13. The maximum atomic E-state index is 12.3. The lowest BCUT2D eigenvalue weighted by molar-refractivity contribution is -0.142. The van der Waals surface area contributed by atoms with Crippen molar-refractivity contribution in [1.29, 1.82) is 0 Å². The molecule has 19 heavy (non-hydrogen) atoms. The third kappa shape index (κ3) is 3.55. The molecule has 2 rings (SSSR count). The first-order valence-corrected chi connectivity index (χ1v) is 5.72. The quantitative estimate of drug-likeness (QED) is 0.913. The largest absolute Gasteiger partial charge is 0.476 e. The number of aromatic nitrogens is 2. The minimum atomic E-state index is -4.15. The summed E-state index contributed by atoms with van der Waals surface area (Å²) < 4.78 is 36.8. The molecule has 2 heterocycles. The molecule has 1 aromatic heterocycles. The van der Waals surface area contributed by atoms with Gasteiger partial charge >= 0.3 is 12.1 Å². The van der Waals surface area contributed by atoms with Gasteiger partial charge in [-0.05, 0) is 12.3 Å². The highest BCUT2D eigenvalue weighted by Gasteiger charge is 2.35. The SMILES string of the molecule is O=C(O)c1cnc(N2CCC(CC(F)(F)F)C2)cn1. The number of rotatable bonds is 3. The minimum Gasteiger partial charge on any atom is -0.476 e. The predicted octanol–water partition coefficient (Wildman–Crippen LogP) is 1.95. The second-order valence-electron chi connectivity index (χ2n) is 4.49. The third-order valence-corrected chi connectivity index (χ3v) is 2.99. The second kappa shape index (κ2) is 5.02. The van der Waals surface area contributed by atoms with Crippen LogP contribution in [0.2, 0.25) is 0 Å². The van der Waals surface area contributed by atoms with Gasteiger partial charge < -0.3 is 10.0 Å². The van der Waals surface area contributed by atoms with Crippen molar-refractivity contribution in [1.82, 2.24) is 9.97 Å². The molecule has 1 aliphatic rings. The number of halogens is 3. The van der Waals surface area contributed by atoms with Gasteiger partial charge in [0, 0.05) is 19.5 Å². The fourth-order valence-corrected chi connectivity index (χ4v) is 2.13. The molecule has 0 aliphatic carbocycles. The van der Waals surface area contributed by atoms with Crippen molar-refractivity contribution in [2.75, 3.05) is 18.0 Å². The molecule has 5 nitrogen and oxygen atoms in total. The van der Waals surface area contributed by atoms with E-state index in [2.05, 4.69) is 9.97 Å². The van der Waals surface area contributed by atoms with Gasteiger partial charge in [-0.2, -0.15) is 13.2 Å². The van der Waals surface area contributed by atoms with Crippen LogP contribution in [0.1, 0.15) is 23.3 Å². The van der Waals surface area contributed by atoms with Crippen molar-refractivity contribution >= 4 is 11.8 Å². The summed E-state index contributed by atoms with van der Waals surface area (Å²) in [6, 6.07) is 0. The van der Waals surface area contributed by atoms with Gasteiger partial charge in [-0.3, -0.25) is 0 Å². The summed E-state index contributed by atoms with van der Waals surface area (Å²) >= 11 is 0. The van der Waals surface area contributed by atoms with Crippen LogP contribution in [0.3, 0.4) is 0 Å². The molecule has 0 radical (unpaired) electrons. The highest BCUT2D eigenvalue weighted by molar-refractivity contribution is 5.84. The Morgan fingerprint density at radius 1 is 1.42 bits per heavy atom. The molecule has 1 atom stereocenters. The van der Waals surface area contributed by atoms with E-state index in [-0.39, 0.29) is 12.2 Å².